The lowest BCUT2D eigenvalue weighted by atomic mass is 10.3. The Morgan fingerprint density at radius 3 is 2.42 bits per heavy atom. The fraction of sp³-hybridized carbons (Fsp3) is 0.500. The standard InChI is InChI=1S/C10H14N4O5/c1-5(2)11-9(15)6(3)13-4-7(14(18)19)8(12-13)10(16)17/h4-6H,1-3H3,(H,11,15)(H,16,17). The van der Waals surface area contributed by atoms with E-state index in [1.54, 1.807) is 13.8 Å². The molecule has 1 atom stereocenters. The molecule has 0 radical (unpaired) electrons. The molecule has 1 unspecified atom stereocenters. The lowest BCUT2D eigenvalue weighted by Gasteiger charge is -2.14. The third-order valence-electron chi connectivity index (χ3n) is 2.32. The van der Waals surface area contributed by atoms with E-state index in [0.29, 0.717) is 0 Å². The first-order chi connectivity index (χ1) is 8.73. The number of nitrogens with zero attached hydrogens (tertiary/aromatic N) is 3. The van der Waals surface area contributed by atoms with Crippen LogP contribution in [0, 0.1) is 10.1 Å². The minimum absolute atomic E-state index is 0.0977. The van der Waals surface area contributed by atoms with Gasteiger partial charge in [0.2, 0.25) is 11.6 Å². The van der Waals surface area contributed by atoms with Gasteiger partial charge in [0.25, 0.3) is 0 Å². The molecule has 1 rings (SSSR count). The Balaban J connectivity index is 3.08. The number of rotatable bonds is 5. The summed E-state index contributed by atoms with van der Waals surface area (Å²) in [5.41, 5.74) is -1.33. The summed E-state index contributed by atoms with van der Waals surface area (Å²) in [5, 5.41) is 25.7. The second-order valence-corrected chi connectivity index (χ2v) is 4.24. The number of hydrogen-bond donors (Lipinski definition) is 2. The number of hydrogen-bond acceptors (Lipinski definition) is 5. The molecule has 0 saturated heterocycles. The van der Waals surface area contributed by atoms with Gasteiger partial charge >= 0.3 is 11.7 Å². The monoisotopic (exact) mass is 270 g/mol. The zero-order valence-corrected chi connectivity index (χ0v) is 10.7. The second-order valence-electron chi connectivity index (χ2n) is 4.24. The topological polar surface area (TPSA) is 127 Å². The van der Waals surface area contributed by atoms with Crippen LogP contribution in [-0.2, 0) is 4.79 Å². The molecular weight excluding hydrogens is 256 g/mol. The summed E-state index contributed by atoms with van der Waals surface area (Å²) in [6, 6.07) is -0.936. The van der Waals surface area contributed by atoms with Gasteiger partial charge in [0.1, 0.15) is 12.2 Å². The van der Waals surface area contributed by atoms with Crippen LogP contribution in [0.2, 0.25) is 0 Å². The van der Waals surface area contributed by atoms with Gasteiger partial charge < -0.3 is 10.4 Å². The summed E-state index contributed by atoms with van der Waals surface area (Å²) < 4.78 is 0.972. The molecule has 1 amide bonds. The number of carbonyl (C=O) groups is 2. The van der Waals surface area contributed by atoms with Crippen LogP contribution in [0.4, 0.5) is 5.69 Å². The van der Waals surface area contributed by atoms with Gasteiger partial charge in [0.15, 0.2) is 0 Å². The van der Waals surface area contributed by atoms with Crippen molar-refractivity contribution in [1.82, 2.24) is 15.1 Å². The van der Waals surface area contributed by atoms with Crippen LogP contribution in [0.5, 0.6) is 0 Å². The van der Waals surface area contributed by atoms with Gasteiger partial charge in [-0.1, -0.05) is 0 Å². The number of carbonyl (C=O) groups excluding carboxylic acids is 1. The Kier molecular flexibility index (Phi) is 4.20. The Labute approximate surface area is 108 Å². The average molecular weight is 270 g/mol. The second kappa shape index (κ2) is 5.46. The number of aromatic nitrogens is 2. The maximum Gasteiger partial charge on any atom is 0.363 e. The first kappa shape index (κ1) is 14.6. The summed E-state index contributed by atoms with van der Waals surface area (Å²) >= 11 is 0. The normalized spacial score (nSPS) is 12.2. The third-order valence-corrected chi connectivity index (χ3v) is 2.32. The molecule has 0 aliphatic rings. The van der Waals surface area contributed by atoms with E-state index >= 15 is 0 Å². The third kappa shape index (κ3) is 3.27. The Bertz CT molecular complexity index is 490. The Hall–Kier alpha value is -2.45. The summed E-state index contributed by atoms with van der Waals surface area (Å²) in [6.45, 7) is 5.00. The lowest BCUT2D eigenvalue weighted by molar-refractivity contribution is -0.385. The van der Waals surface area contributed by atoms with Crippen molar-refractivity contribution in [3.05, 3.63) is 22.0 Å². The molecule has 104 valence electrons. The van der Waals surface area contributed by atoms with Crippen molar-refractivity contribution >= 4 is 17.6 Å². The first-order valence-electron chi connectivity index (χ1n) is 5.51. The number of amides is 1. The molecule has 2 N–H and O–H groups in total. The number of nitrogens with one attached hydrogen (secondary N) is 1. The van der Waals surface area contributed by atoms with Crippen molar-refractivity contribution in [3.8, 4) is 0 Å². The molecule has 9 heteroatoms. The van der Waals surface area contributed by atoms with E-state index in [2.05, 4.69) is 10.4 Å². The summed E-state index contributed by atoms with van der Waals surface area (Å²) in [4.78, 5) is 32.4. The average Bonchev–Trinajstić information content (AvgIpc) is 2.71. The fourth-order valence-electron chi connectivity index (χ4n) is 1.39. The van der Waals surface area contributed by atoms with Gasteiger partial charge in [-0.3, -0.25) is 19.6 Å². The minimum atomic E-state index is -1.51. The van der Waals surface area contributed by atoms with Crippen molar-refractivity contribution in [2.24, 2.45) is 0 Å². The smallest absolute Gasteiger partial charge is 0.363 e. The largest absolute Gasteiger partial charge is 0.476 e. The van der Waals surface area contributed by atoms with Gasteiger partial charge in [0, 0.05) is 6.04 Å². The highest BCUT2D eigenvalue weighted by molar-refractivity contribution is 5.90. The molecule has 0 saturated carbocycles. The van der Waals surface area contributed by atoms with E-state index < -0.39 is 34.2 Å². The first-order valence-corrected chi connectivity index (χ1v) is 5.51. The molecule has 0 fully saturated rings. The van der Waals surface area contributed by atoms with Crippen molar-refractivity contribution in [2.75, 3.05) is 0 Å². The Morgan fingerprint density at radius 2 is 2.05 bits per heavy atom. The van der Waals surface area contributed by atoms with Gasteiger partial charge in [-0.25, -0.2) is 4.79 Å². The van der Waals surface area contributed by atoms with E-state index in [1.165, 1.54) is 6.92 Å². The molecule has 9 nitrogen and oxygen atoms in total. The molecule has 0 aromatic carbocycles. The highest BCUT2D eigenvalue weighted by Gasteiger charge is 2.28. The molecule has 1 heterocycles. The number of carboxylic acid groups (broad SMARTS) is 1. The maximum absolute atomic E-state index is 11.7. The van der Waals surface area contributed by atoms with Crippen LogP contribution < -0.4 is 5.32 Å². The molecule has 0 spiro atoms. The molecule has 1 aromatic rings. The van der Waals surface area contributed by atoms with Crippen LogP contribution in [-0.4, -0.2) is 37.7 Å². The molecule has 1 aromatic heterocycles. The zero-order chi connectivity index (χ0) is 14.7. The highest BCUT2D eigenvalue weighted by Crippen LogP contribution is 2.19. The number of aromatic carboxylic acids is 1. The van der Waals surface area contributed by atoms with E-state index in [-0.39, 0.29) is 6.04 Å². The van der Waals surface area contributed by atoms with E-state index in [0.717, 1.165) is 10.9 Å². The van der Waals surface area contributed by atoms with Crippen molar-refractivity contribution in [3.63, 3.8) is 0 Å². The quantitative estimate of drug-likeness (QED) is 0.594. The summed E-state index contributed by atoms with van der Waals surface area (Å²) in [5.74, 6) is -1.91. The van der Waals surface area contributed by atoms with Crippen molar-refractivity contribution in [1.29, 1.82) is 0 Å². The van der Waals surface area contributed by atoms with E-state index in [1.807, 2.05) is 0 Å². The maximum atomic E-state index is 11.7. The van der Waals surface area contributed by atoms with Gasteiger partial charge in [-0.2, -0.15) is 5.10 Å². The highest BCUT2D eigenvalue weighted by atomic mass is 16.6. The molecule has 19 heavy (non-hydrogen) atoms. The van der Waals surface area contributed by atoms with Crippen LogP contribution in [0.15, 0.2) is 6.20 Å². The van der Waals surface area contributed by atoms with Gasteiger partial charge in [0.05, 0.1) is 4.92 Å². The van der Waals surface area contributed by atoms with Crippen LogP contribution in [0.1, 0.15) is 37.3 Å². The zero-order valence-electron chi connectivity index (χ0n) is 10.7. The molecular formula is C10H14N4O5. The predicted octanol–water partition coefficient (Wildman–Crippen LogP) is 0.575. The van der Waals surface area contributed by atoms with E-state index in [4.69, 9.17) is 5.11 Å². The van der Waals surface area contributed by atoms with Gasteiger partial charge in [-0.05, 0) is 20.8 Å². The molecule has 0 aliphatic heterocycles. The van der Waals surface area contributed by atoms with Crippen LogP contribution in [0.25, 0.3) is 0 Å². The minimum Gasteiger partial charge on any atom is -0.476 e. The molecule has 0 aliphatic carbocycles. The van der Waals surface area contributed by atoms with Crippen molar-refractivity contribution < 1.29 is 19.6 Å². The summed E-state index contributed by atoms with van der Waals surface area (Å²) in [6.07, 6.45) is 0.939. The predicted molar refractivity (Wildman–Crippen MR) is 63.8 cm³/mol. The molecule has 0 bridgehead atoms. The lowest BCUT2D eigenvalue weighted by Crippen LogP contribution is -2.35. The van der Waals surface area contributed by atoms with E-state index in [9.17, 15) is 19.7 Å². The summed E-state index contributed by atoms with van der Waals surface area (Å²) in [7, 11) is 0. The fourth-order valence-corrected chi connectivity index (χ4v) is 1.39. The van der Waals surface area contributed by atoms with Gasteiger partial charge in [-0.15, -0.1) is 0 Å². The van der Waals surface area contributed by atoms with Crippen LogP contribution >= 0.6 is 0 Å². The van der Waals surface area contributed by atoms with Crippen LogP contribution in [0.3, 0.4) is 0 Å². The van der Waals surface area contributed by atoms with Crippen molar-refractivity contribution in [2.45, 2.75) is 32.9 Å². The number of nitro groups is 1. The SMILES string of the molecule is CC(C)NC(=O)C(C)n1cc([N+](=O)[O-])c(C(=O)O)n1. The Morgan fingerprint density at radius 1 is 1.47 bits per heavy atom. The number of carboxylic acids is 1.